The maximum absolute atomic E-state index is 13.1. The van der Waals surface area contributed by atoms with Gasteiger partial charge in [-0.05, 0) is 41.2 Å². The van der Waals surface area contributed by atoms with Crippen molar-refractivity contribution in [1.29, 1.82) is 0 Å². The molecule has 3 amide bonds. The molecule has 0 aliphatic carbocycles. The van der Waals surface area contributed by atoms with Crippen LogP contribution in [0.25, 0.3) is 0 Å². The lowest BCUT2D eigenvalue weighted by atomic mass is 9.84. The summed E-state index contributed by atoms with van der Waals surface area (Å²) in [4.78, 5) is 26.5. The maximum atomic E-state index is 13.1. The predicted molar refractivity (Wildman–Crippen MR) is 98.0 cm³/mol. The molecule has 0 radical (unpaired) electrons. The summed E-state index contributed by atoms with van der Waals surface area (Å²) in [6.45, 7) is 8.19. The van der Waals surface area contributed by atoms with Crippen molar-refractivity contribution in [2.24, 2.45) is 0 Å². The molecular formula is C21H23FN2O2. The molecule has 3 rings (SSSR count). The average molecular weight is 354 g/mol. The number of hydrogen-bond donors (Lipinski definition) is 1. The summed E-state index contributed by atoms with van der Waals surface area (Å²) in [6.07, 6.45) is 0. The minimum absolute atomic E-state index is 0.0109. The lowest BCUT2D eigenvalue weighted by Crippen LogP contribution is -2.40. The van der Waals surface area contributed by atoms with Gasteiger partial charge in [0.25, 0.3) is 5.91 Å². The molecule has 1 aliphatic rings. The molecule has 0 bridgehead atoms. The summed E-state index contributed by atoms with van der Waals surface area (Å²) < 4.78 is 13.1. The lowest BCUT2D eigenvalue weighted by Gasteiger charge is -2.24. The summed E-state index contributed by atoms with van der Waals surface area (Å²) in [5.41, 5.74) is 1.50. The fourth-order valence-electron chi connectivity index (χ4n) is 3.11. The number of carbonyl (C=O) groups excluding carboxylic acids is 2. The summed E-state index contributed by atoms with van der Waals surface area (Å²) >= 11 is 0. The first-order valence-electron chi connectivity index (χ1n) is 8.61. The number of imide groups is 1. The number of urea groups is 1. The van der Waals surface area contributed by atoms with Crippen molar-refractivity contribution in [3.05, 3.63) is 71.0 Å². The Morgan fingerprint density at radius 1 is 1.00 bits per heavy atom. The van der Waals surface area contributed by atoms with Gasteiger partial charge in [0.1, 0.15) is 11.4 Å². The highest BCUT2D eigenvalue weighted by molar-refractivity contribution is 6.07. The Hall–Kier alpha value is -2.69. The van der Waals surface area contributed by atoms with Gasteiger partial charge in [0.05, 0.1) is 6.54 Å². The van der Waals surface area contributed by atoms with Crippen LogP contribution in [0.1, 0.15) is 44.4 Å². The highest BCUT2D eigenvalue weighted by atomic mass is 19.1. The van der Waals surface area contributed by atoms with Gasteiger partial charge in [-0.1, -0.05) is 57.2 Å². The molecule has 26 heavy (non-hydrogen) atoms. The van der Waals surface area contributed by atoms with Gasteiger partial charge in [-0.2, -0.15) is 0 Å². The van der Waals surface area contributed by atoms with Crippen molar-refractivity contribution in [3.8, 4) is 0 Å². The molecule has 5 heteroatoms. The van der Waals surface area contributed by atoms with Crippen LogP contribution < -0.4 is 5.32 Å². The van der Waals surface area contributed by atoms with Gasteiger partial charge >= 0.3 is 6.03 Å². The summed E-state index contributed by atoms with van der Waals surface area (Å²) in [6, 6.07) is 13.1. The normalized spacial score (nSPS) is 20.4. The van der Waals surface area contributed by atoms with Crippen LogP contribution in [-0.4, -0.2) is 16.8 Å². The van der Waals surface area contributed by atoms with Gasteiger partial charge in [0.2, 0.25) is 0 Å². The van der Waals surface area contributed by atoms with Crippen molar-refractivity contribution in [2.45, 2.75) is 45.2 Å². The van der Waals surface area contributed by atoms with Gasteiger partial charge in [0, 0.05) is 0 Å². The number of rotatable bonds is 3. The van der Waals surface area contributed by atoms with E-state index in [9.17, 15) is 14.0 Å². The van der Waals surface area contributed by atoms with Crippen LogP contribution in [-0.2, 0) is 22.3 Å². The van der Waals surface area contributed by atoms with E-state index >= 15 is 0 Å². The summed E-state index contributed by atoms with van der Waals surface area (Å²) in [5, 5.41) is 2.80. The molecule has 1 atom stereocenters. The predicted octanol–water partition coefficient (Wildman–Crippen LogP) is 4.09. The SMILES string of the molecule is CC(C)(C)c1ccc([C@]2(C)NC(=O)N(Cc3ccc(F)cc3)C2=O)cc1. The maximum Gasteiger partial charge on any atom is 0.325 e. The van der Waals surface area contributed by atoms with Crippen LogP contribution in [0.2, 0.25) is 0 Å². The second kappa shape index (κ2) is 6.24. The average Bonchev–Trinajstić information content (AvgIpc) is 2.80. The third kappa shape index (κ3) is 3.21. The first kappa shape index (κ1) is 18.1. The zero-order chi connectivity index (χ0) is 19.1. The number of nitrogens with one attached hydrogen (secondary N) is 1. The van der Waals surface area contributed by atoms with E-state index in [1.54, 1.807) is 19.1 Å². The van der Waals surface area contributed by atoms with Crippen LogP contribution in [0.15, 0.2) is 48.5 Å². The van der Waals surface area contributed by atoms with E-state index in [-0.39, 0.29) is 23.7 Å². The fourth-order valence-corrected chi connectivity index (χ4v) is 3.11. The van der Waals surface area contributed by atoms with E-state index in [0.717, 1.165) is 11.1 Å². The molecule has 1 aliphatic heterocycles. The Bertz CT molecular complexity index is 838. The standard InChI is InChI=1S/C21H23FN2O2/c1-20(2,3)15-7-9-16(10-8-15)21(4)18(25)24(19(26)23-21)13-14-5-11-17(22)12-6-14/h5-12H,13H2,1-4H3,(H,23,26)/t21-/m0/s1. The lowest BCUT2D eigenvalue weighted by molar-refractivity contribution is -0.131. The number of nitrogens with zero attached hydrogens (tertiary/aromatic N) is 1. The quantitative estimate of drug-likeness (QED) is 0.844. The van der Waals surface area contributed by atoms with Crippen molar-refractivity contribution in [3.63, 3.8) is 0 Å². The molecule has 136 valence electrons. The fraction of sp³-hybridized carbons (Fsp3) is 0.333. The van der Waals surface area contributed by atoms with Crippen LogP contribution in [0.4, 0.5) is 9.18 Å². The molecule has 2 aromatic rings. The van der Waals surface area contributed by atoms with Crippen molar-refractivity contribution < 1.29 is 14.0 Å². The Balaban J connectivity index is 1.85. The van der Waals surface area contributed by atoms with E-state index in [1.165, 1.54) is 17.0 Å². The third-order valence-electron chi connectivity index (χ3n) is 4.86. The molecule has 0 aromatic heterocycles. The minimum Gasteiger partial charge on any atom is -0.319 e. The minimum atomic E-state index is -1.10. The Labute approximate surface area is 153 Å². The van der Waals surface area contributed by atoms with Crippen molar-refractivity contribution in [1.82, 2.24) is 10.2 Å². The van der Waals surface area contributed by atoms with Gasteiger partial charge in [-0.25, -0.2) is 9.18 Å². The van der Waals surface area contributed by atoms with E-state index in [1.807, 2.05) is 24.3 Å². The van der Waals surface area contributed by atoms with Crippen LogP contribution in [0, 0.1) is 5.82 Å². The summed E-state index contributed by atoms with van der Waals surface area (Å²) in [7, 11) is 0. The smallest absolute Gasteiger partial charge is 0.319 e. The highest BCUT2D eigenvalue weighted by Gasteiger charge is 2.48. The molecule has 1 heterocycles. The molecule has 1 saturated heterocycles. The zero-order valence-corrected chi connectivity index (χ0v) is 15.5. The molecule has 0 spiro atoms. The number of carbonyl (C=O) groups is 2. The Morgan fingerprint density at radius 2 is 1.58 bits per heavy atom. The van der Waals surface area contributed by atoms with Crippen LogP contribution >= 0.6 is 0 Å². The summed E-state index contributed by atoms with van der Waals surface area (Å²) in [5.74, 6) is -0.662. The van der Waals surface area contributed by atoms with Gasteiger partial charge in [-0.15, -0.1) is 0 Å². The van der Waals surface area contributed by atoms with Crippen LogP contribution in [0.3, 0.4) is 0 Å². The van der Waals surface area contributed by atoms with E-state index in [0.29, 0.717) is 5.56 Å². The molecule has 0 unspecified atom stereocenters. The molecular weight excluding hydrogens is 331 g/mol. The first-order valence-corrected chi connectivity index (χ1v) is 8.61. The topological polar surface area (TPSA) is 49.4 Å². The van der Waals surface area contributed by atoms with E-state index in [4.69, 9.17) is 0 Å². The Kier molecular flexibility index (Phi) is 4.34. The van der Waals surface area contributed by atoms with E-state index < -0.39 is 11.6 Å². The van der Waals surface area contributed by atoms with Gasteiger partial charge in [0.15, 0.2) is 0 Å². The molecule has 4 nitrogen and oxygen atoms in total. The van der Waals surface area contributed by atoms with Gasteiger partial charge in [-0.3, -0.25) is 9.69 Å². The Morgan fingerprint density at radius 3 is 2.12 bits per heavy atom. The van der Waals surface area contributed by atoms with Crippen molar-refractivity contribution >= 4 is 11.9 Å². The van der Waals surface area contributed by atoms with E-state index in [2.05, 4.69) is 26.1 Å². The second-order valence-electron chi connectivity index (χ2n) is 7.90. The van der Waals surface area contributed by atoms with Crippen LogP contribution in [0.5, 0.6) is 0 Å². The van der Waals surface area contributed by atoms with Gasteiger partial charge < -0.3 is 5.32 Å². The number of benzene rings is 2. The second-order valence-corrected chi connectivity index (χ2v) is 7.90. The first-order chi connectivity index (χ1) is 12.1. The monoisotopic (exact) mass is 354 g/mol. The zero-order valence-electron chi connectivity index (χ0n) is 15.5. The number of halogens is 1. The number of hydrogen-bond acceptors (Lipinski definition) is 2. The highest BCUT2D eigenvalue weighted by Crippen LogP contribution is 2.31. The molecule has 1 fully saturated rings. The number of amides is 3. The largest absolute Gasteiger partial charge is 0.325 e. The van der Waals surface area contributed by atoms with Crippen molar-refractivity contribution in [2.75, 3.05) is 0 Å². The molecule has 0 saturated carbocycles. The third-order valence-corrected chi connectivity index (χ3v) is 4.86. The molecule has 2 aromatic carbocycles. The molecule has 1 N–H and O–H groups in total.